The van der Waals surface area contributed by atoms with Crippen LogP contribution >= 0.6 is 0 Å². The van der Waals surface area contributed by atoms with Crippen LogP contribution in [0.1, 0.15) is 52.0 Å². The zero-order chi connectivity index (χ0) is 22.0. The Hall–Kier alpha value is -2.44. The van der Waals surface area contributed by atoms with Gasteiger partial charge in [-0.05, 0) is 49.3 Å². The summed E-state index contributed by atoms with van der Waals surface area (Å²) < 4.78 is 11.1. The summed E-state index contributed by atoms with van der Waals surface area (Å²) in [7, 11) is 3.44. The van der Waals surface area contributed by atoms with Crippen LogP contribution in [0.15, 0.2) is 23.2 Å². The summed E-state index contributed by atoms with van der Waals surface area (Å²) in [6, 6.07) is 5.76. The highest BCUT2D eigenvalue weighted by Gasteiger charge is 2.31. The van der Waals surface area contributed by atoms with Gasteiger partial charge in [0.15, 0.2) is 24.1 Å². The van der Waals surface area contributed by atoms with Crippen molar-refractivity contribution in [3.8, 4) is 11.5 Å². The van der Waals surface area contributed by atoms with Crippen molar-refractivity contribution in [3.63, 3.8) is 0 Å². The van der Waals surface area contributed by atoms with Gasteiger partial charge in [0.2, 0.25) is 0 Å². The monoisotopic (exact) mass is 418 g/mol. The Kier molecular flexibility index (Phi) is 9.27. The molecule has 1 amide bonds. The quantitative estimate of drug-likeness (QED) is 0.476. The lowest BCUT2D eigenvalue weighted by molar-refractivity contribution is -0.123. The van der Waals surface area contributed by atoms with Crippen molar-refractivity contribution in [3.05, 3.63) is 23.8 Å². The Labute approximate surface area is 181 Å². The molecule has 0 aromatic heterocycles. The van der Waals surface area contributed by atoms with E-state index in [2.05, 4.69) is 34.4 Å². The molecule has 1 fully saturated rings. The number of benzene rings is 1. The highest BCUT2D eigenvalue weighted by Crippen LogP contribution is 2.34. The van der Waals surface area contributed by atoms with Crippen molar-refractivity contribution in [1.29, 1.82) is 0 Å². The van der Waals surface area contributed by atoms with E-state index in [9.17, 15) is 4.79 Å². The number of guanidine groups is 1. The number of likely N-dealkylation sites (tertiary alicyclic amines) is 1. The number of nitrogens with one attached hydrogen (secondary N) is 2. The summed E-state index contributed by atoms with van der Waals surface area (Å²) in [6.07, 6.45) is 4.94. The molecule has 1 aliphatic rings. The highest BCUT2D eigenvalue weighted by molar-refractivity contribution is 5.80. The first-order valence-corrected chi connectivity index (χ1v) is 11.0. The topological polar surface area (TPSA) is 75.2 Å². The van der Waals surface area contributed by atoms with Crippen LogP contribution in [0.5, 0.6) is 11.5 Å². The number of likely N-dealkylation sites (N-methyl/N-ethyl adjacent to an activating group) is 1. The number of aliphatic imine (C=N–C) groups is 1. The summed E-state index contributed by atoms with van der Waals surface area (Å²) in [6.45, 7) is 9.79. The van der Waals surface area contributed by atoms with Gasteiger partial charge in [-0.2, -0.15) is 0 Å². The van der Waals surface area contributed by atoms with Crippen LogP contribution in [0, 0.1) is 5.41 Å². The van der Waals surface area contributed by atoms with E-state index in [1.807, 2.05) is 32.2 Å². The first-order valence-electron chi connectivity index (χ1n) is 11.0. The highest BCUT2D eigenvalue weighted by atomic mass is 16.5. The molecule has 0 spiro atoms. The van der Waals surface area contributed by atoms with Crippen LogP contribution in [-0.4, -0.2) is 57.2 Å². The van der Waals surface area contributed by atoms with E-state index < -0.39 is 0 Å². The summed E-state index contributed by atoms with van der Waals surface area (Å²) in [4.78, 5) is 18.5. The van der Waals surface area contributed by atoms with Gasteiger partial charge >= 0.3 is 0 Å². The van der Waals surface area contributed by atoms with E-state index in [1.165, 1.54) is 25.7 Å². The van der Waals surface area contributed by atoms with E-state index in [1.54, 1.807) is 7.11 Å². The molecule has 30 heavy (non-hydrogen) atoms. The molecule has 1 atom stereocenters. The molecule has 0 radical (unpaired) electrons. The van der Waals surface area contributed by atoms with Gasteiger partial charge in [0.05, 0.1) is 7.11 Å². The molecule has 1 aliphatic heterocycles. The van der Waals surface area contributed by atoms with Crippen molar-refractivity contribution in [2.75, 3.05) is 40.4 Å². The van der Waals surface area contributed by atoms with Gasteiger partial charge in [-0.25, -0.2) is 0 Å². The Morgan fingerprint density at radius 1 is 1.27 bits per heavy atom. The molecule has 1 aromatic carbocycles. The average molecular weight is 419 g/mol. The Balaban J connectivity index is 1.97. The summed E-state index contributed by atoms with van der Waals surface area (Å²) in [5.74, 6) is 1.96. The van der Waals surface area contributed by atoms with Crippen LogP contribution in [0.2, 0.25) is 0 Å². The van der Waals surface area contributed by atoms with Crippen LogP contribution in [0.25, 0.3) is 0 Å². The largest absolute Gasteiger partial charge is 0.493 e. The van der Waals surface area contributed by atoms with E-state index in [0.717, 1.165) is 24.6 Å². The Morgan fingerprint density at radius 2 is 2.07 bits per heavy atom. The second-order valence-electron chi connectivity index (χ2n) is 8.21. The van der Waals surface area contributed by atoms with E-state index >= 15 is 0 Å². The summed E-state index contributed by atoms with van der Waals surface area (Å²) >= 11 is 0. The molecule has 1 heterocycles. The van der Waals surface area contributed by atoms with E-state index in [4.69, 9.17) is 9.47 Å². The molecule has 0 bridgehead atoms. The normalized spacial score (nSPS) is 19.4. The van der Waals surface area contributed by atoms with E-state index in [0.29, 0.717) is 30.0 Å². The molecule has 168 valence electrons. The van der Waals surface area contributed by atoms with Gasteiger partial charge in [0, 0.05) is 33.2 Å². The summed E-state index contributed by atoms with van der Waals surface area (Å²) in [5.41, 5.74) is 1.42. The predicted molar refractivity (Wildman–Crippen MR) is 121 cm³/mol. The third-order valence-electron chi connectivity index (χ3n) is 5.56. The van der Waals surface area contributed by atoms with Gasteiger partial charge in [0.1, 0.15) is 0 Å². The van der Waals surface area contributed by atoms with Crippen LogP contribution in [0.3, 0.4) is 0 Å². The lowest BCUT2D eigenvalue weighted by Gasteiger charge is -2.42. The van der Waals surface area contributed by atoms with Gasteiger partial charge < -0.3 is 25.0 Å². The fourth-order valence-electron chi connectivity index (χ4n) is 4.15. The smallest absolute Gasteiger partial charge is 0.257 e. The van der Waals surface area contributed by atoms with Crippen molar-refractivity contribution < 1.29 is 14.3 Å². The van der Waals surface area contributed by atoms with Gasteiger partial charge in [0.25, 0.3) is 5.91 Å². The number of hydrogen-bond acceptors (Lipinski definition) is 4. The number of hydrogen-bond donors (Lipinski definition) is 2. The number of amides is 1. The fourth-order valence-corrected chi connectivity index (χ4v) is 4.15. The lowest BCUT2D eigenvalue weighted by atomic mass is 9.78. The molecule has 7 nitrogen and oxygen atoms in total. The average Bonchev–Trinajstić information content (AvgIpc) is 2.73. The van der Waals surface area contributed by atoms with E-state index in [-0.39, 0.29) is 12.5 Å². The third-order valence-corrected chi connectivity index (χ3v) is 5.56. The van der Waals surface area contributed by atoms with Gasteiger partial charge in [-0.1, -0.05) is 26.3 Å². The maximum atomic E-state index is 11.6. The van der Waals surface area contributed by atoms with Crippen molar-refractivity contribution >= 4 is 11.9 Å². The molecule has 1 saturated heterocycles. The van der Waals surface area contributed by atoms with Crippen molar-refractivity contribution in [1.82, 2.24) is 15.5 Å². The number of rotatable bonds is 9. The van der Waals surface area contributed by atoms with Crippen LogP contribution in [0.4, 0.5) is 0 Å². The first kappa shape index (κ1) is 23.8. The fraction of sp³-hybridized carbons (Fsp3) is 0.652. The van der Waals surface area contributed by atoms with Crippen LogP contribution in [-0.2, 0) is 11.3 Å². The minimum Gasteiger partial charge on any atom is -0.493 e. The number of methoxy groups -OCH3 is 1. The number of ether oxygens (including phenoxy) is 2. The summed E-state index contributed by atoms with van der Waals surface area (Å²) in [5, 5.41) is 6.20. The molecule has 0 saturated carbocycles. The zero-order valence-corrected chi connectivity index (χ0v) is 19.2. The van der Waals surface area contributed by atoms with Crippen molar-refractivity contribution in [2.45, 2.75) is 53.0 Å². The number of carbonyl (C=O) groups is 1. The van der Waals surface area contributed by atoms with Gasteiger partial charge in [-0.15, -0.1) is 0 Å². The molecule has 1 unspecified atom stereocenters. The Morgan fingerprint density at radius 3 is 2.73 bits per heavy atom. The number of carbonyl (C=O) groups excluding carboxylic acids is 1. The van der Waals surface area contributed by atoms with Gasteiger partial charge in [-0.3, -0.25) is 9.79 Å². The standard InChI is InChI=1S/C23H38N4O3/c1-6-11-23(3)12-8-13-27(17-23)22(24-4)26-15-18-9-10-19(20(14-18)29-5)30-16-21(28)25-7-2/h9-10,14H,6-8,11-13,15-17H2,1-5H3,(H,24,26)(H,25,28). The minimum atomic E-state index is -0.148. The Bertz CT molecular complexity index is 718. The minimum absolute atomic E-state index is 0.0279. The second kappa shape index (κ2) is 11.7. The maximum absolute atomic E-state index is 11.6. The molecule has 0 aliphatic carbocycles. The number of nitrogens with zero attached hydrogens (tertiary/aromatic N) is 2. The SMILES string of the molecule is CCCC1(C)CCCN(C(=NC)NCc2ccc(OCC(=O)NCC)c(OC)c2)C1. The molecular weight excluding hydrogens is 380 g/mol. The van der Waals surface area contributed by atoms with Crippen LogP contribution < -0.4 is 20.1 Å². The maximum Gasteiger partial charge on any atom is 0.257 e. The predicted octanol–water partition coefficient (Wildman–Crippen LogP) is 3.19. The molecule has 1 aromatic rings. The first-order chi connectivity index (χ1) is 14.4. The molecule has 2 N–H and O–H groups in total. The van der Waals surface area contributed by atoms with Crippen molar-refractivity contribution in [2.24, 2.45) is 10.4 Å². The number of piperidine rings is 1. The third kappa shape index (κ3) is 6.82. The second-order valence-corrected chi connectivity index (χ2v) is 8.21. The zero-order valence-electron chi connectivity index (χ0n) is 19.2. The molecule has 2 rings (SSSR count). The molecule has 7 heteroatoms. The lowest BCUT2D eigenvalue weighted by Crippen LogP contribution is -2.49. The molecular formula is C23H38N4O3.